The third-order valence-corrected chi connectivity index (χ3v) is 3.30. The lowest BCUT2D eigenvalue weighted by molar-refractivity contribution is 0.0698. The van der Waals surface area contributed by atoms with Crippen LogP contribution in [-0.2, 0) is 7.05 Å². The van der Waals surface area contributed by atoms with E-state index < -0.39 is 5.97 Å². The molecule has 0 spiro atoms. The average Bonchev–Trinajstić information content (AvgIpc) is 2.67. The molecule has 0 radical (unpaired) electrons. The van der Waals surface area contributed by atoms with Crippen LogP contribution in [0, 0.1) is 0 Å². The number of hydrogen-bond donors (Lipinski definition) is 2. The Labute approximate surface area is 101 Å². The molecule has 6 nitrogen and oxygen atoms in total. The summed E-state index contributed by atoms with van der Waals surface area (Å²) in [6.07, 6.45) is 1.57. The molecule has 17 heavy (non-hydrogen) atoms. The number of rotatable bonds is 3. The van der Waals surface area contributed by atoms with Crippen LogP contribution in [0.5, 0.6) is 0 Å². The molecule has 88 valence electrons. The van der Waals surface area contributed by atoms with Gasteiger partial charge in [0.15, 0.2) is 5.16 Å². The number of carboxylic acid groups (broad SMARTS) is 1. The van der Waals surface area contributed by atoms with Crippen molar-refractivity contribution in [3.63, 3.8) is 0 Å². The van der Waals surface area contributed by atoms with Gasteiger partial charge in [-0.15, -0.1) is 10.2 Å². The molecule has 2 aromatic rings. The number of aryl methyl sites for hydroxylation is 1. The normalized spacial score (nSPS) is 10.4. The molecule has 2 rings (SSSR count). The summed E-state index contributed by atoms with van der Waals surface area (Å²) in [6, 6.07) is 4.87. The maximum atomic E-state index is 10.9. The lowest BCUT2D eigenvalue weighted by Crippen LogP contribution is -2.03. The molecule has 0 atom stereocenters. The number of aromatic nitrogens is 3. The predicted octanol–water partition coefficient (Wildman–Crippen LogP) is 1.25. The van der Waals surface area contributed by atoms with E-state index in [-0.39, 0.29) is 11.3 Å². The number of carbonyl (C=O) groups is 1. The zero-order chi connectivity index (χ0) is 12.4. The van der Waals surface area contributed by atoms with Crippen molar-refractivity contribution in [1.82, 2.24) is 14.8 Å². The Hall–Kier alpha value is -2.02. The second kappa shape index (κ2) is 4.46. The van der Waals surface area contributed by atoms with Crippen LogP contribution in [0.1, 0.15) is 10.4 Å². The average molecular weight is 250 g/mol. The van der Waals surface area contributed by atoms with E-state index in [9.17, 15) is 4.79 Å². The fourth-order valence-electron chi connectivity index (χ4n) is 1.28. The van der Waals surface area contributed by atoms with Crippen molar-refractivity contribution in [2.75, 3.05) is 5.73 Å². The molecule has 1 heterocycles. The van der Waals surface area contributed by atoms with E-state index in [1.165, 1.54) is 17.8 Å². The standard InChI is InChI=1S/C10H10N4O2S/c1-14-5-12-13-10(14)17-7-4-2-3-6(8(7)11)9(15)16/h2-5H,11H2,1H3,(H,15,16). The van der Waals surface area contributed by atoms with Gasteiger partial charge in [-0.05, 0) is 23.9 Å². The second-order valence-corrected chi connectivity index (χ2v) is 4.36. The first-order chi connectivity index (χ1) is 8.09. The van der Waals surface area contributed by atoms with Crippen LogP contribution in [-0.4, -0.2) is 25.8 Å². The molecular weight excluding hydrogens is 240 g/mol. The molecule has 0 fully saturated rings. The van der Waals surface area contributed by atoms with Crippen LogP contribution in [0.3, 0.4) is 0 Å². The third kappa shape index (κ3) is 2.23. The van der Waals surface area contributed by atoms with Gasteiger partial charge in [0.1, 0.15) is 6.33 Å². The minimum Gasteiger partial charge on any atom is -0.478 e. The number of anilines is 1. The van der Waals surface area contributed by atoms with Crippen LogP contribution in [0.25, 0.3) is 0 Å². The number of benzene rings is 1. The Morgan fingerprint density at radius 3 is 2.88 bits per heavy atom. The van der Waals surface area contributed by atoms with Gasteiger partial charge in [0.05, 0.1) is 11.3 Å². The van der Waals surface area contributed by atoms with Crippen LogP contribution in [0.2, 0.25) is 0 Å². The highest BCUT2D eigenvalue weighted by Gasteiger charge is 2.13. The maximum Gasteiger partial charge on any atom is 0.337 e. The highest BCUT2D eigenvalue weighted by atomic mass is 32.2. The molecule has 0 bridgehead atoms. The van der Waals surface area contributed by atoms with E-state index in [4.69, 9.17) is 10.8 Å². The topological polar surface area (TPSA) is 94.0 Å². The SMILES string of the molecule is Cn1cnnc1Sc1cccc(C(=O)O)c1N. The first-order valence-corrected chi connectivity index (χ1v) is 5.55. The maximum absolute atomic E-state index is 10.9. The summed E-state index contributed by atoms with van der Waals surface area (Å²) in [5.74, 6) is -1.04. The molecule has 0 aliphatic carbocycles. The molecule has 3 N–H and O–H groups in total. The van der Waals surface area contributed by atoms with Gasteiger partial charge in [0, 0.05) is 11.9 Å². The Bertz CT molecular complexity index is 567. The predicted molar refractivity (Wildman–Crippen MR) is 62.9 cm³/mol. The first-order valence-electron chi connectivity index (χ1n) is 4.73. The Morgan fingerprint density at radius 2 is 2.29 bits per heavy atom. The zero-order valence-corrected chi connectivity index (χ0v) is 9.81. The molecule has 0 saturated carbocycles. The van der Waals surface area contributed by atoms with Crippen molar-refractivity contribution in [2.24, 2.45) is 7.05 Å². The van der Waals surface area contributed by atoms with Gasteiger partial charge in [0.2, 0.25) is 0 Å². The summed E-state index contributed by atoms with van der Waals surface area (Å²) in [5.41, 5.74) is 6.13. The van der Waals surface area contributed by atoms with Crippen molar-refractivity contribution in [3.05, 3.63) is 30.1 Å². The summed E-state index contributed by atoms with van der Waals surface area (Å²) in [4.78, 5) is 11.6. The number of nitrogens with zero attached hydrogens (tertiary/aromatic N) is 3. The van der Waals surface area contributed by atoms with Gasteiger partial charge in [-0.2, -0.15) is 0 Å². The number of para-hydroxylation sites is 1. The van der Waals surface area contributed by atoms with Crippen LogP contribution >= 0.6 is 11.8 Å². The summed E-state index contributed by atoms with van der Waals surface area (Å²) < 4.78 is 1.73. The number of nitrogens with two attached hydrogens (primary N) is 1. The highest BCUT2D eigenvalue weighted by Crippen LogP contribution is 2.32. The molecule has 0 amide bonds. The molecule has 1 aromatic carbocycles. The van der Waals surface area contributed by atoms with Crippen LogP contribution < -0.4 is 5.73 Å². The smallest absolute Gasteiger partial charge is 0.337 e. The van der Waals surface area contributed by atoms with Gasteiger partial charge in [-0.25, -0.2) is 4.79 Å². The molecule has 0 saturated heterocycles. The van der Waals surface area contributed by atoms with Crippen molar-refractivity contribution < 1.29 is 9.90 Å². The van der Waals surface area contributed by atoms with Gasteiger partial charge >= 0.3 is 5.97 Å². The van der Waals surface area contributed by atoms with Crippen LogP contribution in [0.15, 0.2) is 34.6 Å². The molecule has 7 heteroatoms. The van der Waals surface area contributed by atoms with Gasteiger partial charge in [0.25, 0.3) is 0 Å². The molecular formula is C10H10N4O2S. The lowest BCUT2D eigenvalue weighted by atomic mass is 10.2. The highest BCUT2D eigenvalue weighted by molar-refractivity contribution is 7.99. The van der Waals surface area contributed by atoms with Crippen molar-refractivity contribution in [2.45, 2.75) is 10.1 Å². The number of hydrogen-bond acceptors (Lipinski definition) is 5. The third-order valence-electron chi connectivity index (χ3n) is 2.17. The Balaban J connectivity index is 2.37. The van der Waals surface area contributed by atoms with Crippen molar-refractivity contribution >= 4 is 23.4 Å². The minimum atomic E-state index is -1.04. The minimum absolute atomic E-state index is 0.0946. The molecule has 1 aromatic heterocycles. The summed E-state index contributed by atoms with van der Waals surface area (Å²) in [7, 11) is 1.81. The number of aromatic carboxylic acids is 1. The second-order valence-electron chi connectivity index (χ2n) is 3.35. The zero-order valence-electron chi connectivity index (χ0n) is 8.99. The molecule has 0 unspecified atom stereocenters. The fourth-order valence-corrected chi connectivity index (χ4v) is 2.13. The Morgan fingerprint density at radius 1 is 1.53 bits per heavy atom. The first kappa shape index (κ1) is 11.5. The van der Waals surface area contributed by atoms with E-state index in [1.807, 2.05) is 0 Å². The quantitative estimate of drug-likeness (QED) is 0.796. The van der Waals surface area contributed by atoms with E-state index in [2.05, 4.69) is 10.2 Å². The molecule has 0 aliphatic rings. The fraction of sp³-hybridized carbons (Fsp3) is 0.100. The Kier molecular flexibility index (Phi) is 3.01. The molecule has 0 aliphatic heterocycles. The lowest BCUT2D eigenvalue weighted by Gasteiger charge is -2.06. The summed E-state index contributed by atoms with van der Waals surface area (Å²) in [5, 5.41) is 17.2. The van der Waals surface area contributed by atoms with E-state index in [0.717, 1.165) is 0 Å². The van der Waals surface area contributed by atoms with E-state index >= 15 is 0 Å². The van der Waals surface area contributed by atoms with Gasteiger partial charge < -0.3 is 15.4 Å². The summed E-state index contributed by atoms with van der Waals surface area (Å²) in [6.45, 7) is 0. The van der Waals surface area contributed by atoms with E-state index in [1.54, 1.807) is 30.1 Å². The summed E-state index contributed by atoms with van der Waals surface area (Å²) >= 11 is 1.28. The largest absolute Gasteiger partial charge is 0.478 e. The van der Waals surface area contributed by atoms with Gasteiger partial charge in [-0.3, -0.25) is 0 Å². The monoisotopic (exact) mass is 250 g/mol. The van der Waals surface area contributed by atoms with Gasteiger partial charge in [-0.1, -0.05) is 6.07 Å². The number of nitrogen functional groups attached to an aromatic ring is 1. The van der Waals surface area contributed by atoms with Crippen molar-refractivity contribution in [3.8, 4) is 0 Å². The van der Waals surface area contributed by atoms with E-state index in [0.29, 0.717) is 10.1 Å². The van der Waals surface area contributed by atoms with Crippen molar-refractivity contribution in [1.29, 1.82) is 0 Å². The van der Waals surface area contributed by atoms with Crippen LogP contribution in [0.4, 0.5) is 5.69 Å². The number of carboxylic acids is 1.